The van der Waals surface area contributed by atoms with Crippen LogP contribution in [0.2, 0.25) is 0 Å². The number of nitrogens with zero attached hydrogens (tertiary/aromatic N) is 2. The van der Waals surface area contributed by atoms with Crippen molar-refractivity contribution in [3.05, 3.63) is 35.7 Å². The molecule has 1 aliphatic heterocycles. The monoisotopic (exact) mass is 483 g/mol. The van der Waals surface area contributed by atoms with Gasteiger partial charge in [-0.25, -0.2) is 4.79 Å². The summed E-state index contributed by atoms with van der Waals surface area (Å²) in [7, 11) is 0. The van der Waals surface area contributed by atoms with Crippen LogP contribution in [0.25, 0.3) is 11.4 Å². The molecule has 0 saturated carbocycles. The number of benzene rings is 1. The van der Waals surface area contributed by atoms with Gasteiger partial charge in [0.2, 0.25) is 11.7 Å². The fourth-order valence-corrected chi connectivity index (χ4v) is 3.87. The summed E-state index contributed by atoms with van der Waals surface area (Å²) in [5.41, 5.74) is 2.46. The molecule has 3 rings (SSSR count). The molecule has 1 aromatic carbocycles. The largest absolute Gasteiger partial charge is 0.490 e. The van der Waals surface area contributed by atoms with E-state index in [1.165, 1.54) is 63.4 Å². The zero-order chi connectivity index (χ0) is 24.8. The molecule has 1 aliphatic rings. The van der Waals surface area contributed by atoms with E-state index >= 15 is 0 Å². The zero-order valence-electron chi connectivity index (χ0n) is 19.9. The Kier molecular flexibility index (Phi) is 12.1. The first kappa shape index (κ1) is 27.8. The van der Waals surface area contributed by atoms with Gasteiger partial charge in [-0.3, -0.25) is 0 Å². The van der Waals surface area contributed by atoms with E-state index in [2.05, 4.69) is 46.6 Å². The average molecular weight is 484 g/mol. The second-order valence-corrected chi connectivity index (χ2v) is 8.71. The van der Waals surface area contributed by atoms with Crippen LogP contribution >= 0.6 is 0 Å². The third kappa shape index (κ3) is 10.2. The third-order valence-corrected chi connectivity index (χ3v) is 5.90. The molecule has 0 amide bonds. The zero-order valence-corrected chi connectivity index (χ0v) is 19.9. The highest BCUT2D eigenvalue weighted by molar-refractivity contribution is 5.73. The van der Waals surface area contributed by atoms with Gasteiger partial charge in [-0.2, -0.15) is 18.2 Å². The first-order valence-electron chi connectivity index (χ1n) is 12.2. The maximum absolute atomic E-state index is 10.6. The normalized spacial score (nSPS) is 14.5. The lowest BCUT2D eigenvalue weighted by Gasteiger charge is -2.18. The smallest absolute Gasteiger partial charge is 0.475 e. The molecule has 0 aliphatic carbocycles. The van der Waals surface area contributed by atoms with Gasteiger partial charge in [0.25, 0.3) is 0 Å². The lowest BCUT2D eigenvalue weighted by atomic mass is 9.98. The van der Waals surface area contributed by atoms with Crippen LogP contribution in [0.4, 0.5) is 13.2 Å². The first-order chi connectivity index (χ1) is 16.3. The van der Waals surface area contributed by atoms with Crippen molar-refractivity contribution in [3.8, 4) is 11.4 Å². The fourth-order valence-electron chi connectivity index (χ4n) is 3.87. The number of carboxylic acid groups (broad SMARTS) is 1. The summed E-state index contributed by atoms with van der Waals surface area (Å²) in [6, 6.07) is 8.71. The molecule has 2 N–H and O–H groups in total. The van der Waals surface area contributed by atoms with Crippen molar-refractivity contribution in [2.45, 2.75) is 89.6 Å². The van der Waals surface area contributed by atoms with E-state index in [0.717, 1.165) is 43.2 Å². The number of aryl methyl sites for hydroxylation is 1. The van der Waals surface area contributed by atoms with Gasteiger partial charge in [0.05, 0.1) is 0 Å². The summed E-state index contributed by atoms with van der Waals surface area (Å²) >= 11 is 0. The Hall–Kier alpha value is -2.42. The number of unbranched alkanes of at least 4 members (excludes halogenated alkanes) is 7. The van der Waals surface area contributed by atoms with E-state index in [1.54, 1.807) is 0 Å². The van der Waals surface area contributed by atoms with Gasteiger partial charge in [-0.1, -0.05) is 81.3 Å². The Morgan fingerprint density at radius 2 is 1.59 bits per heavy atom. The Balaban J connectivity index is 0.000000509. The molecule has 1 aromatic heterocycles. The standard InChI is InChI=1S/C23H35N3O.C2HF3O2/c1-2-3-4-5-6-7-8-9-10-19-11-13-20(14-12-19)22-25-23(27-26-22)21-15-17-24-18-16-21;3-2(4,5)1(6)7/h11-14,21,24H,2-10,15-18H2,1H3;(H,6,7). The number of hydrogen-bond donors (Lipinski definition) is 2. The second-order valence-electron chi connectivity index (χ2n) is 8.71. The summed E-state index contributed by atoms with van der Waals surface area (Å²) in [6.07, 6.45) is 9.21. The summed E-state index contributed by atoms with van der Waals surface area (Å²) in [4.78, 5) is 13.5. The van der Waals surface area contributed by atoms with Gasteiger partial charge in [0, 0.05) is 11.5 Å². The predicted molar refractivity (Wildman–Crippen MR) is 125 cm³/mol. The number of piperidine rings is 1. The number of halogens is 3. The van der Waals surface area contributed by atoms with E-state index in [0.29, 0.717) is 5.92 Å². The highest BCUT2D eigenvalue weighted by Gasteiger charge is 2.38. The molecule has 0 atom stereocenters. The molecule has 0 radical (unpaired) electrons. The predicted octanol–water partition coefficient (Wildman–Crippen LogP) is 6.52. The Morgan fingerprint density at radius 1 is 1.03 bits per heavy atom. The average Bonchev–Trinajstić information content (AvgIpc) is 3.32. The fraction of sp³-hybridized carbons (Fsp3) is 0.640. The maximum Gasteiger partial charge on any atom is 0.490 e. The van der Waals surface area contributed by atoms with Crippen molar-refractivity contribution in [3.63, 3.8) is 0 Å². The molecule has 2 aromatic rings. The van der Waals surface area contributed by atoms with E-state index in [9.17, 15) is 13.2 Å². The molecule has 0 spiro atoms. The van der Waals surface area contributed by atoms with Crippen molar-refractivity contribution in [1.82, 2.24) is 15.5 Å². The lowest BCUT2D eigenvalue weighted by molar-refractivity contribution is -0.192. The Labute approximate surface area is 199 Å². The van der Waals surface area contributed by atoms with Gasteiger partial charge in [-0.15, -0.1) is 0 Å². The number of aromatic nitrogens is 2. The van der Waals surface area contributed by atoms with Crippen molar-refractivity contribution in [2.75, 3.05) is 13.1 Å². The molecule has 1 saturated heterocycles. The van der Waals surface area contributed by atoms with Gasteiger partial charge >= 0.3 is 12.1 Å². The number of carboxylic acids is 1. The molecule has 6 nitrogen and oxygen atoms in total. The molecular formula is C25H36F3N3O3. The van der Waals surface area contributed by atoms with Crippen molar-refractivity contribution in [2.24, 2.45) is 0 Å². The van der Waals surface area contributed by atoms with Crippen LogP contribution in [0.5, 0.6) is 0 Å². The molecule has 34 heavy (non-hydrogen) atoms. The minimum atomic E-state index is -5.08. The van der Waals surface area contributed by atoms with Crippen LogP contribution in [0.15, 0.2) is 28.8 Å². The second kappa shape index (κ2) is 14.8. The summed E-state index contributed by atoms with van der Waals surface area (Å²) in [6.45, 7) is 4.35. The van der Waals surface area contributed by atoms with Gasteiger partial charge in [0.1, 0.15) is 0 Å². The topological polar surface area (TPSA) is 88.3 Å². The van der Waals surface area contributed by atoms with Gasteiger partial charge in [0.15, 0.2) is 0 Å². The summed E-state index contributed by atoms with van der Waals surface area (Å²) < 4.78 is 37.3. The first-order valence-corrected chi connectivity index (χ1v) is 12.2. The van der Waals surface area contributed by atoms with Crippen LogP contribution in [0, 0.1) is 0 Å². The molecule has 0 unspecified atom stereocenters. The van der Waals surface area contributed by atoms with E-state index in [4.69, 9.17) is 14.4 Å². The molecule has 0 bridgehead atoms. The van der Waals surface area contributed by atoms with Crippen LogP contribution in [0.1, 0.15) is 88.5 Å². The molecular weight excluding hydrogens is 447 g/mol. The van der Waals surface area contributed by atoms with Crippen molar-refractivity contribution >= 4 is 5.97 Å². The SMILES string of the molecule is CCCCCCCCCCc1ccc(-c2noc(C3CCNCC3)n2)cc1.O=C(O)C(F)(F)F. The van der Waals surface area contributed by atoms with E-state index < -0.39 is 12.1 Å². The number of rotatable bonds is 11. The third-order valence-electron chi connectivity index (χ3n) is 5.90. The van der Waals surface area contributed by atoms with Crippen LogP contribution in [-0.4, -0.2) is 40.5 Å². The van der Waals surface area contributed by atoms with Crippen LogP contribution in [0.3, 0.4) is 0 Å². The highest BCUT2D eigenvalue weighted by Crippen LogP contribution is 2.26. The van der Waals surface area contributed by atoms with E-state index in [1.807, 2.05) is 0 Å². The van der Waals surface area contributed by atoms with Gasteiger partial charge in [-0.05, 0) is 44.3 Å². The molecule has 1 fully saturated rings. The summed E-state index contributed by atoms with van der Waals surface area (Å²) in [5, 5.41) is 14.7. The van der Waals surface area contributed by atoms with Crippen LogP contribution in [-0.2, 0) is 11.2 Å². The molecule has 190 valence electrons. The lowest BCUT2D eigenvalue weighted by Crippen LogP contribution is -2.26. The number of carbonyl (C=O) groups is 1. The van der Waals surface area contributed by atoms with Crippen molar-refractivity contribution in [1.29, 1.82) is 0 Å². The molecule has 2 heterocycles. The maximum atomic E-state index is 10.6. The number of alkyl halides is 3. The van der Waals surface area contributed by atoms with Gasteiger partial charge < -0.3 is 14.9 Å². The van der Waals surface area contributed by atoms with Crippen molar-refractivity contribution < 1.29 is 27.6 Å². The molecule has 9 heteroatoms. The number of hydrogen-bond acceptors (Lipinski definition) is 5. The minimum absolute atomic E-state index is 0.411. The number of nitrogens with one attached hydrogen (secondary N) is 1. The Morgan fingerprint density at radius 3 is 2.15 bits per heavy atom. The quantitative estimate of drug-likeness (QED) is 0.354. The van der Waals surface area contributed by atoms with E-state index in [-0.39, 0.29) is 0 Å². The Bertz CT molecular complexity index is 832. The summed E-state index contributed by atoms with van der Waals surface area (Å²) in [5.74, 6) is -0.821. The minimum Gasteiger partial charge on any atom is -0.475 e. The highest BCUT2D eigenvalue weighted by atomic mass is 19.4. The number of aliphatic carboxylic acids is 1. The van der Waals surface area contributed by atoms with Crippen LogP contribution < -0.4 is 5.32 Å².